The fourth-order valence-electron chi connectivity index (χ4n) is 1.86. The lowest BCUT2D eigenvalue weighted by Crippen LogP contribution is -2.40. The van der Waals surface area contributed by atoms with Gasteiger partial charge < -0.3 is 15.3 Å². The Morgan fingerprint density at radius 2 is 2.40 bits per heavy atom. The number of likely N-dealkylation sites (tertiary alicyclic amines) is 1. The zero-order valence-corrected chi connectivity index (χ0v) is 9.70. The molecule has 1 heterocycles. The van der Waals surface area contributed by atoms with E-state index in [0.29, 0.717) is 6.54 Å². The SMILES string of the molecule is CCCNC1CCN(CC(C)CO)C1=O. The molecule has 2 N–H and O–H groups in total. The molecule has 0 aromatic rings. The molecule has 4 heteroatoms. The molecule has 1 saturated heterocycles. The van der Waals surface area contributed by atoms with E-state index in [-0.39, 0.29) is 24.5 Å². The molecule has 1 fully saturated rings. The standard InChI is InChI=1S/C11H22N2O2/c1-3-5-12-10-4-6-13(11(10)15)7-9(2)8-14/h9-10,12,14H,3-8H2,1-2H3. The van der Waals surface area contributed by atoms with Gasteiger partial charge in [0.25, 0.3) is 0 Å². The second-order valence-corrected chi connectivity index (χ2v) is 4.37. The molecule has 2 unspecified atom stereocenters. The van der Waals surface area contributed by atoms with Crippen LogP contribution in [0.1, 0.15) is 26.7 Å². The van der Waals surface area contributed by atoms with E-state index in [0.717, 1.165) is 25.9 Å². The van der Waals surface area contributed by atoms with Crippen molar-refractivity contribution in [3.8, 4) is 0 Å². The Labute approximate surface area is 91.6 Å². The number of hydrogen-bond acceptors (Lipinski definition) is 3. The fourth-order valence-corrected chi connectivity index (χ4v) is 1.86. The van der Waals surface area contributed by atoms with Crippen LogP contribution in [-0.4, -0.2) is 48.2 Å². The van der Waals surface area contributed by atoms with Gasteiger partial charge in [-0.25, -0.2) is 0 Å². The first-order valence-corrected chi connectivity index (χ1v) is 5.82. The molecule has 0 aliphatic carbocycles. The Morgan fingerprint density at radius 3 is 3.00 bits per heavy atom. The van der Waals surface area contributed by atoms with Gasteiger partial charge in [0.05, 0.1) is 6.04 Å². The van der Waals surface area contributed by atoms with Crippen molar-refractivity contribution >= 4 is 5.91 Å². The van der Waals surface area contributed by atoms with Gasteiger partial charge in [-0.15, -0.1) is 0 Å². The minimum absolute atomic E-state index is 0.0100. The predicted molar refractivity (Wildman–Crippen MR) is 59.5 cm³/mol. The van der Waals surface area contributed by atoms with Gasteiger partial charge in [-0.3, -0.25) is 4.79 Å². The average molecular weight is 214 g/mol. The van der Waals surface area contributed by atoms with Crippen molar-refractivity contribution in [2.45, 2.75) is 32.7 Å². The Balaban J connectivity index is 2.35. The third-order valence-electron chi connectivity index (χ3n) is 2.78. The van der Waals surface area contributed by atoms with Crippen LogP contribution < -0.4 is 5.32 Å². The number of aliphatic hydroxyl groups excluding tert-OH is 1. The molecule has 1 aliphatic heterocycles. The number of rotatable bonds is 6. The molecule has 0 bridgehead atoms. The van der Waals surface area contributed by atoms with Gasteiger partial charge in [0.2, 0.25) is 5.91 Å². The van der Waals surface area contributed by atoms with Crippen molar-refractivity contribution in [1.82, 2.24) is 10.2 Å². The lowest BCUT2D eigenvalue weighted by atomic mass is 10.2. The van der Waals surface area contributed by atoms with Crippen molar-refractivity contribution < 1.29 is 9.90 Å². The van der Waals surface area contributed by atoms with Gasteiger partial charge in [-0.2, -0.15) is 0 Å². The normalized spacial score (nSPS) is 23.5. The fraction of sp³-hybridized carbons (Fsp3) is 0.909. The van der Waals surface area contributed by atoms with Crippen molar-refractivity contribution in [2.24, 2.45) is 5.92 Å². The van der Waals surface area contributed by atoms with Crippen LogP contribution in [0.5, 0.6) is 0 Å². The highest BCUT2D eigenvalue weighted by Crippen LogP contribution is 2.13. The highest BCUT2D eigenvalue weighted by molar-refractivity contribution is 5.83. The Morgan fingerprint density at radius 1 is 1.67 bits per heavy atom. The topological polar surface area (TPSA) is 52.6 Å². The summed E-state index contributed by atoms with van der Waals surface area (Å²) in [6.45, 7) is 6.61. The molecule has 0 spiro atoms. The maximum atomic E-state index is 11.8. The summed E-state index contributed by atoms with van der Waals surface area (Å²) >= 11 is 0. The zero-order chi connectivity index (χ0) is 11.3. The van der Waals surface area contributed by atoms with Crippen LogP contribution in [0.2, 0.25) is 0 Å². The molecular formula is C11H22N2O2. The average Bonchev–Trinajstić information content (AvgIpc) is 2.57. The lowest BCUT2D eigenvalue weighted by molar-refractivity contribution is -0.130. The lowest BCUT2D eigenvalue weighted by Gasteiger charge is -2.20. The number of amides is 1. The second-order valence-electron chi connectivity index (χ2n) is 4.37. The zero-order valence-electron chi connectivity index (χ0n) is 9.70. The summed E-state index contributed by atoms with van der Waals surface area (Å²) in [4.78, 5) is 13.7. The van der Waals surface area contributed by atoms with Crippen LogP contribution in [0.4, 0.5) is 0 Å². The number of hydrogen-bond donors (Lipinski definition) is 2. The van der Waals surface area contributed by atoms with Crippen molar-refractivity contribution in [2.75, 3.05) is 26.2 Å². The second kappa shape index (κ2) is 6.08. The van der Waals surface area contributed by atoms with Gasteiger partial charge >= 0.3 is 0 Å². The van der Waals surface area contributed by atoms with Gasteiger partial charge in [-0.1, -0.05) is 13.8 Å². The van der Waals surface area contributed by atoms with E-state index in [2.05, 4.69) is 12.2 Å². The summed E-state index contributed by atoms with van der Waals surface area (Å²) in [5.74, 6) is 0.377. The minimum Gasteiger partial charge on any atom is -0.396 e. The van der Waals surface area contributed by atoms with E-state index < -0.39 is 0 Å². The molecule has 0 radical (unpaired) electrons. The van der Waals surface area contributed by atoms with Gasteiger partial charge in [0, 0.05) is 19.7 Å². The Hall–Kier alpha value is -0.610. The molecule has 15 heavy (non-hydrogen) atoms. The molecule has 0 aromatic heterocycles. The van der Waals surface area contributed by atoms with Crippen molar-refractivity contribution in [1.29, 1.82) is 0 Å². The number of nitrogens with zero attached hydrogens (tertiary/aromatic N) is 1. The van der Waals surface area contributed by atoms with Crippen LogP contribution >= 0.6 is 0 Å². The molecule has 4 nitrogen and oxygen atoms in total. The number of carbonyl (C=O) groups is 1. The van der Waals surface area contributed by atoms with Crippen LogP contribution in [0.3, 0.4) is 0 Å². The Kier molecular flexibility index (Phi) is 5.05. The molecule has 1 amide bonds. The molecule has 2 atom stereocenters. The van der Waals surface area contributed by atoms with Crippen LogP contribution in [0, 0.1) is 5.92 Å². The highest BCUT2D eigenvalue weighted by atomic mass is 16.3. The molecule has 88 valence electrons. The first kappa shape index (κ1) is 12.5. The quantitative estimate of drug-likeness (QED) is 0.665. The van der Waals surface area contributed by atoms with E-state index in [1.54, 1.807) is 0 Å². The highest BCUT2D eigenvalue weighted by Gasteiger charge is 2.31. The van der Waals surface area contributed by atoms with Gasteiger partial charge in [0.15, 0.2) is 0 Å². The summed E-state index contributed by atoms with van der Waals surface area (Å²) in [7, 11) is 0. The summed E-state index contributed by atoms with van der Waals surface area (Å²) in [6, 6.07) is 0.0100. The molecule has 0 aromatic carbocycles. The minimum atomic E-state index is 0.0100. The maximum absolute atomic E-state index is 11.8. The molecular weight excluding hydrogens is 192 g/mol. The summed E-state index contributed by atoms with van der Waals surface area (Å²) in [5, 5.41) is 12.2. The molecule has 0 saturated carbocycles. The number of carbonyl (C=O) groups excluding carboxylic acids is 1. The molecule has 1 aliphatic rings. The summed E-state index contributed by atoms with van der Waals surface area (Å²) in [5.41, 5.74) is 0. The van der Waals surface area contributed by atoms with E-state index >= 15 is 0 Å². The van der Waals surface area contributed by atoms with Gasteiger partial charge in [0.1, 0.15) is 0 Å². The van der Waals surface area contributed by atoms with Crippen molar-refractivity contribution in [3.63, 3.8) is 0 Å². The maximum Gasteiger partial charge on any atom is 0.239 e. The van der Waals surface area contributed by atoms with Crippen LogP contribution in [0.15, 0.2) is 0 Å². The first-order valence-electron chi connectivity index (χ1n) is 5.82. The number of nitrogens with one attached hydrogen (secondary N) is 1. The third-order valence-corrected chi connectivity index (χ3v) is 2.78. The van der Waals surface area contributed by atoms with E-state index in [1.165, 1.54) is 0 Å². The van der Waals surface area contributed by atoms with E-state index in [1.807, 2.05) is 11.8 Å². The summed E-state index contributed by atoms with van der Waals surface area (Å²) in [6.07, 6.45) is 1.95. The van der Waals surface area contributed by atoms with E-state index in [9.17, 15) is 4.79 Å². The smallest absolute Gasteiger partial charge is 0.239 e. The van der Waals surface area contributed by atoms with E-state index in [4.69, 9.17) is 5.11 Å². The first-order chi connectivity index (χ1) is 7.19. The van der Waals surface area contributed by atoms with Crippen molar-refractivity contribution in [3.05, 3.63) is 0 Å². The Bertz CT molecular complexity index is 209. The molecule has 1 rings (SSSR count). The predicted octanol–water partition coefficient (Wildman–Crippen LogP) is 0.215. The monoisotopic (exact) mass is 214 g/mol. The largest absolute Gasteiger partial charge is 0.396 e. The van der Waals surface area contributed by atoms with Gasteiger partial charge in [-0.05, 0) is 25.3 Å². The third kappa shape index (κ3) is 3.47. The summed E-state index contributed by atoms with van der Waals surface area (Å²) < 4.78 is 0. The number of aliphatic hydroxyl groups is 1. The van der Waals surface area contributed by atoms with Crippen LogP contribution in [-0.2, 0) is 4.79 Å². The van der Waals surface area contributed by atoms with Crippen LogP contribution in [0.25, 0.3) is 0 Å².